The number of hydrogen-bond donors (Lipinski definition) is 0. The molecule has 2 aromatic heterocycles. The first-order chi connectivity index (χ1) is 12.7. The molecule has 0 amide bonds. The number of aromatic nitrogens is 1. The lowest BCUT2D eigenvalue weighted by atomic mass is 9.89. The van der Waals surface area contributed by atoms with Gasteiger partial charge in [-0.25, -0.2) is 0 Å². The minimum Gasteiger partial charge on any atom is -0.469 e. The second kappa shape index (κ2) is 5.26. The quantitative estimate of drug-likeness (QED) is 0.626. The highest BCUT2D eigenvalue weighted by Gasteiger charge is 2.37. The van der Waals surface area contributed by atoms with Crippen molar-refractivity contribution in [2.24, 2.45) is 0 Å². The molecule has 3 aliphatic rings. The van der Waals surface area contributed by atoms with Crippen molar-refractivity contribution in [1.82, 2.24) is 9.47 Å². The van der Waals surface area contributed by atoms with Crippen LogP contribution in [0.4, 0.5) is 0 Å². The molecular weight excluding hydrogens is 320 g/mol. The number of rotatable bonds is 1. The van der Waals surface area contributed by atoms with Gasteiger partial charge in [0, 0.05) is 42.6 Å². The first-order valence-electron chi connectivity index (χ1n) is 10.1. The van der Waals surface area contributed by atoms with Crippen LogP contribution in [0, 0.1) is 13.8 Å². The maximum atomic E-state index is 5.65. The lowest BCUT2D eigenvalue weighted by Crippen LogP contribution is -2.27. The van der Waals surface area contributed by atoms with Gasteiger partial charge in [-0.05, 0) is 68.5 Å². The standard InChI is InChI=1S/C23H26N2O/c1-14-9-16-3-4-17(19-6-8-26-15(19)2)12-25-21-13-24-7-5-18(11-24)22(21)20(10-14)23(16)25/h6,8-10,17-18H,3-5,7,11-13H2,1-2H3. The lowest BCUT2D eigenvalue weighted by Gasteiger charge is -2.26. The Labute approximate surface area is 154 Å². The van der Waals surface area contributed by atoms with E-state index in [-0.39, 0.29) is 0 Å². The Morgan fingerprint density at radius 1 is 1.08 bits per heavy atom. The molecule has 134 valence electrons. The van der Waals surface area contributed by atoms with E-state index >= 15 is 0 Å². The summed E-state index contributed by atoms with van der Waals surface area (Å²) in [5.74, 6) is 2.39. The monoisotopic (exact) mass is 346 g/mol. The topological polar surface area (TPSA) is 21.3 Å². The molecule has 3 aromatic rings. The molecule has 0 radical (unpaired) electrons. The number of hydrogen-bond acceptors (Lipinski definition) is 2. The summed E-state index contributed by atoms with van der Waals surface area (Å²) in [6, 6.07) is 7.10. The number of nitrogens with zero attached hydrogens (tertiary/aromatic N) is 2. The van der Waals surface area contributed by atoms with Crippen molar-refractivity contribution in [1.29, 1.82) is 0 Å². The largest absolute Gasteiger partial charge is 0.469 e. The van der Waals surface area contributed by atoms with Crippen LogP contribution in [0.15, 0.2) is 28.9 Å². The molecule has 5 heterocycles. The zero-order valence-corrected chi connectivity index (χ0v) is 15.7. The fraction of sp³-hybridized carbons (Fsp3) is 0.478. The van der Waals surface area contributed by atoms with Crippen molar-refractivity contribution < 1.29 is 4.42 Å². The number of aryl methyl sites for hydroxylation is 3. The molecule has 3 aliphatic heterocycles. The second-order valence-corrected chi connectivity index (χ2v) is 8.68. The van der Waals surface area contributed by atoms with Gasteiger partial charge in [-0.15, -0.1) is 0 Å². The van der Waals surface area contributed by atoms with E-state index in [9.17, 15) is 0 Å². The number of fused-ring (bicyclic) bond motifs is 6. The van der Waals surface area contributed by atoms with E-state index in [1.807, 2.05) is 6.26 Å². The van der Waals surface area contributed by atoms with Crippen molar-refractivity contribution in [2.75, 3.05) is 13.1 Å². The van der Waals surface area contributed by atoms with Crippen LogP contribution < -0.4 is 0 Å². The van der Waals surface area contributed by atoms with Crippen LogP contribution in [-0.4, -0.2) is 22.6 Å². The molecule has 6 rings (SSSR count). The molecule has 1 fully saturated rings. The van der Waals surface area contributed by atoms with Crippen molar-refractivity contribution >= 4 is 10.9 Å². The van der Waals surface area contributed by atoms with Crippen LogP contribution in [-0.2, 0) is 19.5 Å². The van der Waals surface area contributed by atoms with Crippen LogP contribution >= 0.6 is 0 Å². The molecule has 3 heteroatoms. The van der Waals surface area contributed by atoms with Crippen LogP contribution in [0.1, 0.15) is 58.4 Å². The van der Waals surface area contributed by atoms with Crippen molar-refractivity contribution in [2.45, 2.75) is 58.0 Å². The molecule has 0 saturated carbocycles. The summed E-state index contributed by atoms with van der Waals surface area (Å²) in [5.41, 5.74) is 9.22. The maximum absolute atomic E-state index is 5.65. The van der Waals surface area contributed by atoms with Gasteiger partial charge in [-0.2, -0.15) is 0 Å². The highest BCUT2D eigenvalue weighted by molar-refractivity contribution is 5.90. The molecule has 0 N–H and O–H groups in total. The Morgan fingerprint density at radius 2 is 2.00 bits per heavy atom. The fourth-order valence-corrected chi connectivity index (χ4v) is 5.97. The average molecular weight is 346 g/mol. The third kappa shape index (κ3) is 1.98. The van der Waals surface area contributed by atoms with Crippen molar-refractivity contribution in [3.05, 3.63) is 58.2 Å². The SMILES string of the molecule is Cc1cc2c3c(c1)c1c(n3CC(c3ccoc3C)CC2)CN2CCC1C2. The predicted molar refractivity (Wildman–Crippen MR) is 104 cm³/mol. The molecule has 2 bridgehead atoms. The molecule has 1 aromatic carbocycles. The average Bonchev–Trinajstić information content (AvgIpc) is 3.25. The lowest BCUT2D eigenvalue weighted by molar-refractivity contribution is 0.302. The number of benzene rings is 1. The van der Waals surface area contributed by atoms with E-state index in [4.69, 9.17) is 4.42 Å². The highest BCUT2D eigenvalue weighted by Crippen LogP contribution is 2.45. The summed E-state index contributed by atoms with van der Waals surface area (Å²) in [4.78, 5) is 2.66. The minimum absolute atomic E-state index is 0.552. The molecule has 26 heavy (non-hydrogen) atoms. The van der Waals surface area contributed by atoms with Crippen LogP contribution in [0.25, 0.3) is 10.9 Å². The third-order valence-corrected chi connectivity index (χ3v) is 7.09. The van der Waals surface area contributed by atoms with Gasteiger partial charge in [0.15, 0.2) is 0 Å². The van der Waals surface area contributed by atoms with Gasteiger partial charge in [-0.3, -0.25) is 4.90 Å². The smallest absolute Gasteiger partial charge is 0.104 e. The molecular formula is C23H26N2O. The van der Waals surface area contributed by atoms with Gasteiger partial charge in [0.2, 0.25) is 0 Å². The summed E-state index contributed by atoms with van der Waals surface area (Å²) < 4.78 is 8.35. The summed E-state index contributed by atoms with van der Waals surface area (Å²) >= 11 is 0. The van der Waals surface area contributed by atoms with E-state index in [1.165, 1.54) is 49.0 Å². The van der Waals surface area contributed by atoms with Gasteiger partial charge >= 0.3 is 0 Å². The maximum Gasteiger partial charge on any atom is 0.104 e. The van der Waals surface area contributed by atoms with E-state index in [2.05, 4.69) is 41.5 Å². The third-order valence-electron chi connectivity index (χ3n) is 7.09. The summed E-state index contributed by atoms with van der Waals surface area (Å²) in [5, 5.41) is 1.56. The predicted octanol–water partition coefficient (Wildman–Crippen LogP) is 4.88. The van der Waals surface area contributed by atoms with E-state index in [0.29, 0.717) is 5.92 Å². The molecule has 1 saturated heterocycles. The Balaban J connectivity index is 1.59. The zero-order valence-electron chi connectivity index (χ0n) is 15.7. The second-order valence-electron chi connectivity index (χ2n) is 8.68. The highest BCUT2D eigenvalue weighted by atomic mass is 16.3. The van der Waals surface area contributed by atoms with E-state index in [1.54, 1.807) is 22.2 Å². The molecule has 0 spiro atoms. The van der Waals surface area contributed by atoms with Gasteiger partial charge < -0.3 is 8.98 Å². The Morgan fingerprint density at radius 3 is 2.85 bits per heavy atom. The fourth-order valence-electron chi connectivity index (χ4n) is 5.97. The van der Waals surface area contributed by atoms with E-state index in [0.717, 1.165) is 24.8 Å². The minimum atomic E-state index is 0.552. The summed E-state index contributed by atoms with van der Waals surface area (Å²) in [6.45, 7) is 9.15. The van der Waals surface area contributed by atoms with Gasteiger partial charge in [0.1, 0.15) is 5.76 Å². The first kappa shape index (κ1) is 15.1. The van der Waals surface area contributed by atoms with Crippen LogP contribution in [0.5, 0.6) is 0 Å². The molecule has 3 unspecified atom stereocenters. The van der Waals surface area contributed by atoms with Gasteiger partial charge in [-0.1, -0.05) is 11.6 Å². The Hall–Kier alpha value is -2.00. The van der Waals surface area contributed by atoms with Crippen LogP contribution in [0.3, 0.4) is 0 Å². The van der Waals surface area contributed by atoms with Gasteiger partial charge in [0.25, 0.3) is 0 Å². The normalized spacial score (nSPS) is 26.9. The molecule has 3 nitrogen and oxygen atoms in total. The first-order valence-corrected chi connectivity index (χ1v) is 10.1. The summed E-state index contributed by atoms with van der Waals surface area (Å²) in [7, 11) is 0. The zero-order chi connectivity index (χ0) is 17.4. The molecule has 0 aliphatic carbocycles. The van der Waals surface area contributed by atoms with Crippen molar-refractivity contribution in [3.63, 3.8) is 0 Å². The summed E-state index contributed by atoms with van der Waals surface area (Å²) in [6.07, 6.45) is 5.58. The van der Waals surface area contributed by atoms with Crippen LogP contribution in [0.2, 0.25) is 0 Å². The van der Waals surface area contributed by atoms with Gasteiger partial charge in [0.05, 0.1) is 11.8 Å². The Kier molecular flexibility index (Phi) is 3.05. The Bertz CT molecular complexity index is 1020. The molecule has 3 atom stereocenters. The number of furan rings is 1. The van der Waals surface area contributed by atoms with Crippen molar-refractivity contribution in [3.8, 4) is 0 Å². The van der Waals surface area contributed by atoms with E-state index < -0.39 is 0 Å².